The van der Waals surface area contributed by atoms with E-state index in [-0.39, 0.29) is 31.3 Å². The molecule has 3 aromatic carbocycles. The van der Waals surface area contributed by atoms with Gasteiger partial charge in [-0.15, -0.1) is 0 Å². The molecule has 3 aromatic rings. The van der Waals surface area contributed by atoms with Gasteiger partial charge in [0.25, 0.3) is 5.91 Å². The van der Waals surface area contributed by atoms with Gasteiger partial charge in [0.15, 0.2) is 29.6 Å². The van der Waals surface area contributed by atoms with Crippen LogP contribution >= 0.6 is 0 Å². The lowest BCUT2D eigenvalue weighted by molar-refractivity contribution is -0.276. The van der Waals surface area contributed by atoms with Gasteiger partial charge in [-0.2, -0.15) is 0 Å². The summed E-state index contributed by atoms with van der Waals surface area (Å²) < 4.78 is 87.0. The number of nitrogens with zero attached hydrogens (tertiary/aromatic N) is 1. The fraction of sp³-hybridized carbons (Fsp3) is 0.424. The molecule has 0 saturated carbocycles. The molecule has 12 heteroatoms. The molecule has 2 saturated heterocycles. The number of halogens is 5. The molecule has 5 rings (SSSR count). The normalized spacial score (nSPS) is 23.8. The number of hydrogen-bond donors (Lipinski definition) is 2. The highest BCUT2D eigenvalue weighted by Gasteiger charge is 2.40. The second-order valence-corrected chi connectivity index (χ2v) is 11.4. The summed E-state index contributed by atoms with van der Waals surface area (Å²) in [6.45, 7) is 4.04. The first-order chi connectivity index (χ1) is 21.6. The summed E-state index contributed by atoms with van der Waals surface area (Å²) in [4.78, 5) is 14.7. The molecule has 0 bridgehead atoms. The molecular weight excluding hydrogens is 599 g/mol. The standard InChI is InChI=1S/C33H35F5N2O5/c1-18-24(15-40-13-3-4-23(40)17-43-2)44-33(45-31(18)21-9-7-20(16-41)8-10-21)22-11-5-19(6-12-22)14-39-32(42)25-26(34)28(36)30(38)29(37)27(25)35/h5-12,18,23-24,31,33,41H,3-4,13-17H2,1-2H3,(H,39,42)/t18-,23+,24+,31+,33+/m1/s1. The molecule has 2 heterocycles. The van der Waals surface area contributed by atoms with E-state index in [1.54, 1.807) is 31.4 Å². The zero-order valence-corrected chi connectivity index (χ0v) is 24.9. The average Bonchev–Trinajstić information content (AvgIpc) is 3.49. The molecule has 242 valence electrons. The van der Waals surface area contributed by atoms with Gasteiger partial charge in [-0.1, -0.05) is 55.5 Å². The summed E-state index contributed by atoms with van der Waals surface area (Å²) in [6.07, 6.45) is 0.871. The summed E-state index contributed by atoms with van der Waals surface area (Å²) in [6, 6.07) is 14.6. The topological polar surface area (TPSA) is 80.3 Å². The second-order valence-electron chi connectivity index (χ2n) is 11.4. The molecule has 0 aromatic heterocycles. The van der Waals surface area contributed by atoms with E-state index in [0.717, 1.165) is 30.5 Å². The lowest BCUT2D eigenvalue weighted by Crippen LogP contribution is -2.46. The van der Waals surface area contributed by atoms with Gasteiger partial charge in [-0.25, -0.2) is 22.0 Å². The molecule has 5 atom stereocenters. The maximum atomic E-state index is 14.0. The van der Waals surface area contributed by atoms with Crippen LogP contribution in [0.15, 0.2) is 48.5 Å². The lowest BCUT2D eigenvalue weighted by Gasteiger charge is -2.43. The lowest BCUT2D eigenvalue weighted by atomic mass is 9.90. The van der Waals surface area contributed by atoms with Gasteiger partial charge < -0.3 is 24.6 Å². The first-order valence-corrected chi connectivity index (χ1v) is 14.7. The summed E-state index contributed by atoms with van der Waals surface area (Å²) in [5.74, 6) is -12.6. The van der Waals surface area contributed by atoms with E-state index in [1.165, 1.54) is 0 Å². The van der Waals surface area contributed by atoms with Crippen molar-refractivity contribution in [2.75, 3.05) is 26.8 Å². The van der Waals surface area contributed by atoms with Crippen LogP contribution in [0.25, 0.3) is 0 Å². The van der Waals surface area contributed by atoms with Crippen molar-refractivity contribution in [3.8, 4) is 0 Å². The number of methoxy groups -OCH3 is 1. The van der Waals surface area contributed by atoms with E-state index in [1.807, 2.05) is 24.3 Å². The monoisotopic (exact) mass is 634 g/mol. The maximum absolute atomic E-state index is 14.0. The van der Waals surface area contributed by atoms with Gasteiger partial charge in [0.1, 0.15) is 5.56 Å². The first kappa shape index (κ1) is 33.0. The molecule has 0 spiro atoms. The van der Waals surface area contributed by atoms with Gasteiger partial charge >= 0.3 is 0 Å². The minimum absolute atomic E-state index is 0.0126. The van der Waals surface area contributed by atoms with Crippen molar-refractivity contribution < 1.29 is 46.1 Å². The Hall–Kier alpha value is -3.42. The molecule has 2 aliphatic rings. The number of hydrogen-bond acceptors (Lipinski definition) is 6. The largest absolute Gasteiger partial charge is 0.392 e. The summed E-state index contributed by atoms with van der Waals surface area (Å²) in [5, 5.41) is 11.7. The van der Waals surface area contributed by atoms with E-state index in [9.17, 15) is 31.9 Å². The van der Waals surface area contributed by atoms with E-state index in [0.29, 0.717) is 30.3 Å². The van der Waals surface area contributed by atoms with Gasteiger partial charge in [-0.3, -0.25) is 9.69 Å². The Morgan fingerprint density at radius 1 is 0.911 bits per heavy atom. The molecule has 2 fully saturated rings. The van der Waals surface area contributed by atoms with E-state index < -0.39 is 46.8 Å². The van der Waals surface area contributed by atoms with Crippen LogP contribution in [-0.4, -0.2) is 54.9 Å². The van der Waals surface area contributed by atoms with Crippen LogP contribution in [0.5, 0.6) is 0 Å². The minimum atomic E-state index is -2.33. The molecule has 0 radical (unpaired) electrons. The third kappa shape index (κ3) is 7.05. The zero-order valence-electron chi connectivity index (χ0n) is 24.9. The number of rotatable bonds is 10. The molecule has 7 nitrogen and oxygen atoms in total. The zero-order chi connectivity index (χ0) is 32.2. The molecule has 2 N–H and O–H groups in total. The molecule has 45 heavy (non-hydrogen) atoms. The van der Waals surface area contributed by atoms with Crippen molar-refractivity contribution in [3.63, 3.8) is 0 Å². The van der Waals surface area contributed by atoms with Crippen molar-refractivity contribution in [2.24, 2.45) is 5.92 Å². The SMILES string of the molecule is COC[C@@H]1CCCN1C[C@@H]1O[C@H](c2ccc(CNC(=O)c3c(F)c(F)c(F)c(F)c3F)cc2)O[C@H](c2ccc(CO)cc2)[C@@H]1C. The van der Waals surface area contributed by atoms with Crippen LogP contribution in [0.2, 0.25) is 0 Å². The number of aliphatic hydroxyl groups excluding tert-OH is 1. The Labute approximate surface area is 257 Å². The Bertz CT molecular complexity index is 1460. The molecule has 0 aliphatic carbocycles. The van der Waals surface area contributed by atoms with Crippen molar-refractivity contribution >= 4 is 5.91 Å². The molecule has 1 amide bonds. The number of likely N-dealkylation sites (tertiary alicyclic amines) is 1. The van der Waals surface area contributed by atoms with Gasteiger partial charge in [-0.05, 0) is 36.1 Å². The van der Waals surface area contributed by atoms with Gasteiger partial charge in [0, 0.05) is 37.7 Å². The van der Waals surface area contributed by atoms with Gasteiger partial charge in [0.2, 0.25) is 5.82 Å². The smallest absolute Gasteiger partial charge is 0.257 e. The summed E-state index contributed by atoms with van der Waals surface area (Å²) >= 11 is 0. The van der Waals surface area contributed by atoms with E-state index in [4.69, 9.17) is 14.2 Å². The number of aliphatic hydroxyl groups is 1. The summed E-state index contributed by atoms with van der Waals surface area (Å²) in [7, 11) is 1.69. The fourth-order valence-corrected chi connectivity index (χ4v) is 5.94. The van der Waals surface area contributed by atoms with Crippen LogP contribution in [0.4, 0.5) is 22.0 Å². The van der Waals surface area contributed by atoms with Crippen molar-refractivity contribution in [2.45, 2.75) is 57.5 Å². The third-order valence-electron chi connectivity index (χ3n) is 8.54. The minimum Gasteiger partial charge on any atom is -0.392 e. The summed E-state index contributed by atoms with van der Waals surface area (Å²) in [5.41, 5.74) is 1.38. The predicted octanol–water partition coefficient (Wildman–Crippen LogP) is 5.71. The number of carbonyl (C=O) groups excluding carboxylic acids is 1. The Morgan fingerprint density at radius 3 is 2.13 bits per heavy atom. The Kier molecular flexibility index (Phi) is 10.5. The number of benzene rings is 3. The van der Waals surface area contributed by atoms with Crippen LogP contribution in [0.3, 0.4) is 0 Å². The maximum Gasteiger partial charge on any atom is 0.257 e. The molecular formula is C33H35F5N2O5. The van der Waals surface area contributed by atoms with Crippen LogP contribution in [0.1, 0.15) is 64.8 Å². The Balaban J connectivity index is 1.32. The highest BCUT2D eigenvalue weighted by molar-refractivity contribution is 5.94. The number of carbonyl (C=O) groups is 1. The van der Waals surface area contributed by atoms with Crippen LogP contribution in [-0.2, 0) is 27.4 Å². The van der Waals surface area contributed by atoms with Crippen molar-refractivity contribution in [3.05, 3.63) is 105 Å². The molecule has 0 unspecified atom stereocenters. The third-order valence-corrected chi connectivity index (χ3v) is 8.54. The Morgan fingerprint density at radius 2 is 1.51 bits per heavy atom. The fourth-order valence-electron chi connectivity index (χ4n) is 5.94. The highest BCUT2D eigenvalue weighted by Crippen LogP contribution is 2.42. The van der Waals surface area contributed by atoms with Crippen LogP contribution < -0.4 is 5.32 Å². The molecule has 2 aliphatic heterocycles. The van der Waals surface area contributed by atoms with E-state index in [2.05, 4.69) is 17.1 Å². The number of nitrogens with one attached hydrogen (secondary N) is 1. The number of amides is 1. The van der Waals surface area contributed by atoms with Crippen molar-refractivity contribution in [1.29, 1.82) is 0 Å². The van der Waals surface area contributed by atoms with E-state index >= 15 is 0 Å². The van der Waals surface area contributed by atoms with Crippen LogP contribution in [0, 0.1) is 35.0 Å². The van der Waals surface area contributed by atoms with Crippen molar-refractivity contribution in [1.82, 2.24) is 10.2 Å². The second kappa shape index (κ2) is 14.3. The first-order valence-electron chi connectivity index (χ1n) is 14.7. The predicted molar refractivity (Wildman–Crippen MR) is 153 cm³/mol. The number of ether oxygens (including phenoxy) is 3. The van der Waals surface area contributed by atoms with Gasteiger partial charge in [0.05, 0.1) is 25.4 Å². The average molecular weight is 635 g/mol. The quantitative estimate of drug-likeness (QED) is 0.169. The highest BCUT2D eigenvalue weighted by atomic mass is 19.2.